The number of hydrogen-bond donors (Lipinski definition) is 2. The van der Waals surface area contributed by atoms with Gasteiger partial charge in [-0.15, -0.1) is 12.8 Å². The van der Waals surface area contributed by atoms with E-state index in [1.54, 1.807) is 18.2 Å². The molecule has 0 radical (unpaired) electrons. The Kier molecular flexibility index (Phi) is 9.62. The molecule has 0 unspecified atom stereocenters. The number of hydrogen-bond acceptors (Lipinski definition) is 5. The van der Waals surface area contributed by atoms with Crippen LogP contribution in [0.1, 0.15) is 22.3 Å². The zero-order valence-electron chi connectivity index (χ0n) is 18.0. The summed E-state index contributed by atoms with van der Waals surface area (Å²) >= 11 is 0. The van der Waals surface area contributed by atoms with E-state index < -0.39 is 10.0 Å². The number of nitrogens with zero attached hydrogens (tertiary/aromatic N) is 1. The summed E-state index contributed by atoms with van der Waals surface area (Å²) in [5, 5.41) is 2.80. The van der Waals surface area contributed by atoms with E-state index in [9.17, 15) is 13.2 Å². The fraction of sp³-hybridized carbons (Fsp3) is 0.292. The van der Waals surface area contributed by atoms with Crippen molar-refractivity contribution in [2.75, 3.05) is 37.2 Å². The summed E-state index contributed by atoms with van der Waals surface area (Å²) < 4.78 is 30.8. The van der Waals surface area contributed by atoms with Gasteiger partial charge in [0.25, 0.3) is 5.91 Å². The maximum Gasteiger partial charge on any atom is 0.251 e. The molecule has 2 rings (SSSR count). The zero-order chi connectivity index (χ0) is 23.4. The number of anilines is 1. The van der Waals surface area contributed by atoms with Crippen LogP contribution in [0.5, 0.6) is 5.75 Å². The van der Waals surface area contributed by atoms with E-state index in [1.165, 1.54) is 6.07 Å². The largest absolute Gasteiger partial charge is 0.494 e. The highest BCUT2D eigenvalue weighted by Crippen LogP contribution is 2.15. The van der Waals surface area contributed by atoms with Gasteiger partial charge in [-0.2, -0.15) is 0 Å². The lowest BCUT2D eigenvalue weighted by Gasteiger charge is -2.17. The minimum atomic E-state index is -3.40. The van der Waals surface area contributed by atoms with E-state index in [0.717, 1.165) is 17.6 Å². The lowest BCUT2D eigenvalue weighted by Crippen LogP contribution is -2.25. The van der Waals surface area contributed by atoms with E-state index in [4.69, 9.17) is 17.6 Å². The Labute approximate surface area is 190 Å². The van der Waals surface area contributed by atoms with Crippen LogP contribution in [0.2, 0.25) is 0 Å². The van der Waals surface area contributed by atoms with Gasteiger partial charge >= 0.3 is 0 Å². The molecule has 32 heavy (non-hydrogen) atoms. The normalized spacial score (nSPS) is 10.8. The van der Waals surface area contributed by atoms with Crippen molar-refractivity contribution in [1.82, 2.24) is 10.2 Å². The topological polar surface area (TPSA) is 87.7 Å². The maximum absolute atomic E-state index is 12.3. The standard InChI is InChI=1S/C24H27N3O4S/c1-4-14-27(15-5-2)19-20-9-6-12-23(17-20)31-16-8-13-25-24(28)21-10-7-11-22(18-21)26-32(3,29)30/h1-2,6-7,9-12,17-18,26H,8,13-16,19H2,3H3,(H,25,28). The second kappa shape index (κ2) is 12.4. The van der Waals surface area contributed by atoms with Crippen molar-refractivity contribution in [3.05, 3.63) is 59.7 Å². The molecule has 0 aliphatic rings. The highest BCUT2D eigenvalue weighted by atomic mass is 32.2. The molecule has 8 heteroatoms. The van der Waals surface area contributed by atoms with Crippen LogP contribution >= 0.6 is 0 Å². The first-order valence-electron chi connectivity index (χ1n) is 9.98. The molecule has 0 spiro atoms. The van der Waals surface area contributed by atoms with Crippen molar-refractivity contribution in [1.29, 1.82) is 0 Å². The van der Waals surface area contributed by atoms with Gasteiger partial charge in [-0.05, 0) is 42.3 Å². The van der Waals surface area contributed by atoms with E-state index in [1.807, 2.05) is 29.2 Å². The Morgan fingerprint density at radius 3 is 2.50 bits per heavy atom. The predicted molar refractivity (Wildman–Crippen MR) is 127 cm³/mol. The van der Waals surface area contributed by atoms with Gasteiger partial charge in [-0.1, -0.05) is 30.0 Å². The predicted octanol–water partition coefficient (Wildman–Crippen LogP) is 2.33. The molecule has 0 aliphatic heterocycles. The van der Waals surface area contributed by atoms with Crippen LogP contribution in [0.25, 0.3) is 0 Å². The van der Waals surface area contributed by atoms with Crippen LogP contribution in [0.15, 0.2) is 48.5 Å². The Morgan fingerprint density at radius 2 is 1.81 bits per heavy atom. The highest BCUT2D eigenvalue weighted by molar-refractivity contribution is 7.92. The third-order valence-electron chi connectivity index (χ3n) is 4.24. The third kappa shape index (κ3) is 9.13. The summed E-state index contributed by atoms with van der Waals surface area (Å²) in [5.74, 6) is 5.65. The molecule has 2 aromatic carbocycles. The number of terminal acetylenes is 2. The smallest absolute Gasteiger partial charge is 0.251 e. The highest BCUT2D eigenvalue weighted by Gasteiger charge is 2.08. The first-order valence-corrected chi connectivity index (χ1v) is 11.9. The Bertz CT molecular complexity index is 1080. The van der Waals surface area contributed by atoms with Crippen molar-refractivity contribution in [2.24, 2.45) is 0 Å². The fourth-order valence-corrected chi connectivity index (χ4v) is 3.48. The first-order chi connectivity index (χ1) is 15.3. The summed E-state index contributed by atoms with van der Waals surface area (Å²) in [6.07, 6.45) is 12.4. The molecule has 7 nitrogen and oxygen atoms in total. The Hall–Kier alpha value is -3.46. The maximum atomic E-state index is 12.3. The van der Waals surface area contributed by atoms with Crippen LogP contribution in [-0.2, 0) is 16.6 Å². The number of rotatable bonds is 12. The van der Waals surface area contributed by atoms with Crippen LogP contribution < -0.4 is 14.8 Å². The molecular weight excluding hydrogens is 426 g/mol. The lowest BCUT2D eigenvalue weighted by atomic mass is 10.2. The monoisotopic (exact) mass is 453 g/mol. The summed E-state index contributed by atoms with van der Waals surface area (Å²) in [4.78, 5) is 14.3. The molecule has 0 heterocycles. The van der Waals surface area contributed by atoms with E-state index >= 15 is 0 Å². The SMILES string of the molecule is C#CCN(CC#C)Cc1cccc(OCCCNC(=O)c2cccc(NS(C)(=O)=O)c2)c1. The lowest BCUT2D eigenvalue weighted by molar-refractivity contribution is 0.0951. The molecular formula is C24H27N3O4S. The molecule has 0 bridgehead atoms. The summed E-state index contributed by atoms with van der Waals surface area (Å²) in [6.45, 7) is 2.43. The molecule has 0 saturated carbocycles. The van der Waals surface area contributed by atoms with Crippen LogP contribution in [0.3, 0.4) is 0 Å². The number of amides is 1. The fourth-order valence-electron chi connectivity index (χ4n) is 2.92. The minimum absolute atomic E-state index is 0.286. The van der Waals surface area contributed by atoms with Crippen molar-refractivity contribution < 1.29 is 17.9 Å². The molecule has 0 atom stereocenters. The molecule has 168 valence electrons. The van der Waals surface area contributed by atoms with Gasteiger partial charge < -0.3 is 10.1 Å². The summed E-state index contributed by atoms with van der Waals surface area (Å²) in [6, 6.07) is 14.0. The Morgan fingerprint density at radius 1 is 1.09 bits per heavy atom. The molecule has 1 amide bonds. The number of ether oxygens (including phenoxy) is 1. The van der Waals surface area contributed by atoms with Gasteiger partial charge in [-0.3, -0.25) is 14.4 Å². The van der Waals surface area contributed by atoms with E-state index in [2.05, 4.69) is 21.9 Å². The average Bonchev–Trinajstić information content (AvgIpc) is 2.73. The third-order valence-corrected chi connectivity index (χ3v) is 4.84. The van der Waals surface area contributed by atoms with Crippen molar-refractivity contribution in [3.63, 3.8) is 0 Å². The molecule has 0 aliphatic carbocycles. The molecule has 0 saturated heterocycles. The number of carbonyl (C=O) groups is 1. The van der Waals surface area contributed by atoms with Gasteiger partial charge in [0.15, 0.2) is 0 Å². The Balaban J connectivity index is 1.78. The zero-order valence-corrected chi connectivity index (χ0v) is 18.8. The second-order valence-electron chi connectivity index (χ2n) is 7.11. The minimum Gasteiger partial charge on any atom is -0.494 e. The van der Waals surface area contributed by atoms with Crippen LogP contribution in [0, 0.1) is 24.7 Å². The number of carbonyl (C=O) groups excluding carboxylic acids is 1. The van der Waals surface area contributed by atoms with Crippen LogP contribution in [0.4, 0.5) is 5.69 Å². The second-order valence-corrected chi connectivity index (χ2v) is 8.86. The number of sulfonamides is 1. The summed E-state index contributed by atoms with van der Waals surface area (Å²) in [7, 11) is -3.40. The summed E-state index contributed by atoms with van der Waals surface area (Å²) in [5.41, 5.74) is 1.76. The quantitative estimate of drug-likeness (QED) is 0.380. The van der Waals surface area contributed by atoms with Crippen LogP contribution in [-0.4, -0.2) is 51.7 Å². The molecule has 2 N–H and O–H groups in total. The average molecular weight is 454 g/mol. The van der Waals surface area contributed by atoms with Crippen molar-refractivity contribution in [3.8, 4) is 30.4 Å². The van der Waals surface area contributed by atoms with Gasteiger partial charge in [0.2, 0.25) is 10.0 Å². The van der Waals surface area contributed by atoms with E-state index in [0.29, 0.717) is 50.5 Å². The number of benzene rings is 2. The molecule has 0 fully saturated rings. The number of nitrogens with one attached hydrogen (secondary N) is 2. The van der Waals surface area contributed by atoms with Gasteiger partial charge in [0, 0.05) is 24.3 Å². The van der Waals surface area contributed by atoms with Crippen molar-refractivity contribution >= 4 is 21.6 Å². The van der Waals surface area contributed by atoms with E-state index in [-0.39, 0.29) is 5.91 Å². The van der Waals surface area contributed by atoms with Gasteiger partial charge in [-0.25, -0.2) is 8.42 Å². The first kappa shape index (κ1) is 24.8. The van der Waals surface area contributed by atoms with Gasteiger partial charge in [0.1, 0.15) is 5.75 Å². The molecule has 2 aromatic rings. The van der Waals surface area contributed by atoms with Crippen molar-refractivity contribution in [2.45, 2.75) is 13.0 Å². The van der Waals surface area contributed by atoms with Gasteiger partial charge in [0.05, 0.1) is 26.0 Å². The molecule has 0 aromatic heterocycles.